The second-order valence-electron chi connectivity index (χ2n) is 4.87. The van der Waals surface area contributed by atoms with Crippen molar-refractivity contribution < 1.29 is 23.2 Å². The minimum Gasteiger partial charge on any atom is -0.368 e. The van der Waals surface area contributed by atoms with Crippen LogP contribution in [0.1, 0.15) is 31.7 Å². The molecule has 7 nitrogen and oxygen atoms in total. The van der Waals surface area contributed by atoms with E-state index in [1.54, 1.807) is 12.1 Å². The van der Waals surface area contributed by atoms with Crippen molar-refractivity contribution in [1.29, 1.82) is 0 Å². The second kappa shape index (κ2) is 8.56. The van der Waals surface area contributed by atoms with Crippen LogP contribution in [0.5, 0.6) is 0 Å². The number of hydroxylamine groups is 1. The lowest BCUT2D eigenvalue weighted by atomic mass is 10.2. The average molecular weight is 340 g/mol. The van der Waals surface area contributed by atoms with E-state index < -0.39 is 22.0 Å². The Morgan fingerprint density at radius 3 is 2.43 bits per heavy atom. The zero-order valence-corrected chi connectivity index (χ0v) is 13.6. The Hall–Kier alpha value is -2.03. The lowest BCUT2D eigenvalue weighted by molar-refractivity contribution is -0.137. The van der Waals surface area contributed by atoms with Crippen LogP contribution in [0.3, 0.4) is 0 Å². The van der Waals surface area contributed by atoms with Crippen molar-refractivity contribution in [3.8, 4) is 0 Å². The molecule has 0 saturated heterocycles. The highest BCUT2D eigenvalue weighted by atomic mass is 32.2. The Bertz CT molecular complexity index is 668. The summed E-state index contributed by atoms with van der Waals surface area (Å²) in [6.45, 7) is 2.09. The second-order valence-corrected chi connectivity index (χ2v) is 6.67. The third kappa shape index (κ3) is 4.98. The van der Waals surface area contributed by atoms with Crippen LogP contribution < -0.4 is 5.73 Å². The predicted octanol–water partition coefficient (Wildman–Crippen LogP) is 1.32. The van der Waals surface area contributed by atoms with Crippen LogP contribution in [-0.2, 0) is 19.6 Å². The summed E-state index contributed by atoms with van der Waals surface area (Å²) in [4.78, 5) is 21.5. The third-order valence-corrected chi connectivity index (χ3v) is 4.70. The van der Waals surface area contributed by atoms with E-state index in [1.165, 1.54) is 12.1 Å². The Morgan fingerprint density at radius 2 is 1.96 bits per heavy atom. The van der Waals surface area contributed by atoms with Crippen LogP contribution >= 0.6 is 0 Å². The molecule has 23 heavy (non-hydrogen) atoms. The number of allylic oxidation sites excluding steroid dienone is 1. The molecule has 126 valence electrons. The van der Waals surface area contributed by atoms with Crippen molar-refractivity contribution in [2.45, 2.75) is 37.1 Å². The van der Waals surface area contributed by atoms with Crippen LogP contribution in [0.2, 0.25) is 0 Å². The summed E-state index contributed by atoms with van der Waals surface area (Å²) >= 11 is 0. The molecular weight excluding hydrogens is 320 g/mol. The van der Waals surface area contributed by atoms with Gasteiger partial charge in [-0.15, -0.1) is 0 Å². The number of primary amides is 1. The first kappa shape index (κ1) is 19.0. The molecule has 0 spiro atoms. The Balaban J connectivity index is 2.95. The molecule has 0 heterocycles. The molecule has 0 aliphatic carbocycles. The highest BCUT2D eigenvalue weighted by Gasteiger charge is 2.33. The normalized spacial score (nSPS) is 13.3. The number of unbranched alkanes of at least 4 members (excludes halogenated alkanes) is 2. The van der Waals surface area contributed by atoms with Gasteiger partial charge in [0, 0.05) is 0 Å². The minimum absolute atomic E-state index is 0.0370. The van der Waals surface area contributed by atoms with Crippen molar-refractivity contribution >= 4 is 28.3 Å². The third-order valence-electron chi connectivity index (χ3n) is 3.12. The molecular formula is C15H20N2O5S. The van der Waals surface area contributed by atoms with Crippen LogP contribution in [-0.4, -0.2) is 36.3 Å². The number of hydrogen-bond donors (Lipinski definition) is 2. The van der Waals surface area contributed by atoms with E-state index in [1.807, 2.05) is 12.2 Å². The molecule has 1 amide bonds. The maximum Gasteiger partial charge on any atom is 0.265 e. The summed E-state index contributed by atoms with van der Waals surface area (Å²) in [6, 6.07) is 3.71. The van der Waals surface area contributed by atoms with Gasteiger partial charge in [0.1, 0.15) is 6.29 Å². The lowest BCUT2D eigenvalue weighted by Crippen LogP contribution is -2.47. The van der Waals surface area contributed by atoms with Crippen LogP contribution in [0.4, 0.5) is 0 Å². The van der Waals surface area contributed by atoms with Gasteiger partial charge >= 0.3 is 0 Å². The van der Waals surface area contributed by atoms with Gasteiger partial charge in [-0.2, -0.15) is 0 Å². The number of hydrogen-bond acceptors (Lipinski definition) is 5. The van der Waals surface area contributed by atoms with Gasteiger partial charge in [0.15, 0.2) is 6.04 Å². The fourth-order valence-electron chi connectivity index (χ4n) is 1.78. The van der Waals surface area contributed by atoms with E-state index in [0.717, 1.165) is 24.8 Å². The van der Waals surface area contributed by atoms with Gasteiger partial charge in [-0.1, -0.05) is 48.5 Å². The first-order valence-corrected chi connectivity index (χ1v) is 8.53. The van der Waals surface area contributed by atoms with Gasteiger partial charge in [-0.05, 0) is 24.1 Å². The summed E-state index contributed by atoms with van der Waals surface area (Å²) in [5.41, 5.74) is 5.68. The molecule has 0 saturated carbocycles. The van der Waals surface area contributed by atoms with Gasteiger partial charge in [0.2, 0.25) is 5.91 Å². The molecule has 1 atom stereocenters. The van der Waals surface area contributed by atoms with E-state index in [2.05, 4.69) is 6.92 Å². The van der Waals surface area contributed by atoms with E-state index in [-0.39, 0.29) is 15.7 Å². The summed E-state index contributed by atoms with van der Waals surface area (Å²) in [7, 11) is -4.41. The summed E-state index contributed by atoms with van der Waals surface area (Å²) < 4.78 is 24.0. The highest BCUT2D eigenvalue weighted by Crippen LogP contribution is 2.17. The predicted molar refractivity (Wildman–Crippen MR) is 84.9 cm³/mol. The van der Waals surface area contributed by atoms with Crippen molar-refractivity contribution in [3.63, 3.8) is 0 Å². The van der Waals surface area contributed by atoms with Gasteiger partial charge in [0.05, 0.1) is 4.90 Å². The first-order chi connectivity index (χ1) is 10.8. The fourth-order valence-corrected chi connectivity index (χ4v) is 2.93. The molecule has 0 radical (unpaired) electrons. The number of rotatable bonds is 9. The smallest absolute Gasteiger partial charge is 0.265 e. The van der Waals surface area contributed by atoms with E-state index in [9.17, 15) is 23.2 Å². The minimum atomic E-state index is -4.41. The van der Waals surface area contributed by atoms with Gasteiger partial charge in [-0.3, -0.25) is 10.0 Å². The summed E-state index contributed by atoms with van der Waals surface area (Å²) in [5, 5.41) is 9.63. The van der Waals surface area contributed by atoms with Gasteiger partial charge in [0.25, 0.3) is 10.0 Å². The van der Waals surface area contributed by atoms with Crippen LogP contribution in [0.25, 0.3) is 6.08 Å². The molecule has 3 N–H and O–H groups in total. The van der Waals surface area contributed by atoms with Gasteiger partial charge in [-0.25, -0.2) is 8.42 Å². The number of amides is 1. The lowest BCUT2D eigenvalue weighted by Gasteiger charge is -2.18. The SMILES string of the molecule is CCCCC=Cc1ccc(S(=O)(=O)N(O)[C@@H](C=O)C(N)=O)cc1. The molecule has 0 bridgehead atoms. The Morgan fingerprint density at radius 1 is 1.35 bits per heavy atom. The van der Waals surface area contributed by atoms with Crippen molar-refractivity contribution in [1.82, 2.24) is 4.47 Å². The molecule has 1 aromatic carbocycles. The monoisotopic (exact) mass is 340 g/mol. The molecule has 0 unspecified atom stereocenters. The number of aldehydes is 1. The van der Waals surface area contributed by atoms with Crippen molar-refractivity contribution in [3.05, 3.63) is 35.9 Å². The number of nitrogens with zero attached hydrogens (tertiary/aromatic N) is 1. The number of nitrogens with two attached hydrogens (primary N) is 1. The molecule has 0 aliphatic heterocycles. The topological polar surface area (TPSA) is 118 Å². The molecule has 8 heteroatoms. The number of carbonyl (C=O) groups excluding carboxylic acids is 2. The van der Waals surface area contributed by atoms with Crippen molar-refractivity contribution in [2.24, 2.45) is 5.73 Å². The zero-order chi connectivity index (χ0) is 17.5. The van der Waals surface area contributed by atoms with E-state index in [4.69, 9.17) is 5.73 Å². The number of carbonyl (C=O) groups is 2. The first-order valence-electron chi connectivity index (χ1n) is 7.09. The van der Waals surface area contributed by atoms with Crippen LogP contribution in [0.15, 0.2) is 35.2 Å². The molecule has 1 aromatic rings. The maximum absolute atomic E-state index is 12.1. The summed E-state index contributed by atoms with van der Waals surface area (Å²) in [6.07, 6.45) is 6.90. The zero-order valence-electron chi connectivity index (χ0n) is 12.8. The largest absolute Gasteiger partial charge is 0.368 e. The Labute approximate surface area is 135 Å². The van der Waals surface area contributed by atoms with E-state index >= 15 is 0 Å². The molecule has 0 aromatic heterocycles. The maximum atomic E-state index is 12.1. The highest BCUT2D eigenvalue weighted by molar-refractivity contribution is 7.89. The number of benzene rings is 1. The van der Waals surface area contributed by atoms with Crippen molar-refractivity contribution in [2.75, 3.05) is 0 Å². The number of sulfonamides is 1. The molecule has 0 fully saturated rings. The standard InChI is InChI=1S/C15H20N2O5S/c1-2-3-4-5-6-12-7-9-13(10-8-12)23(21,22)17(20)14(11-18)15(16)19/h5-11,14,20H,2-4H2,1H3,(H2,16,19)/t14-/m0/s1. The Kier molecular flexibility index (Phi) is 7.08. The molecule has 1 rings (SSSR count). The molecule has 0 aliphatic rings. The quantitative estimate of drug-likeness (QED) is 0.304. The van der Waals surface area contributed by atoms with Gasteiger partial charge < -0.3 is 10.5 Å². The average Bonchev–Trinajstić information content (AvgIpc) is 2.52. The van der Waals surface area contributed by atoms with E-state index in [0.29, 0.717) is 0 Å². The van der Waals surface area contributed by atoms with Crippen LogP contribution in [0, 0.1) is 0 Å². The summed E-state index contributed by atoms with van der Waals surface area (Å²) in [5.74, 6) is -1.26. The fraction of sp³-hybridized carbons (Fsp3) is 0.333.